The smallest absolute Gasteiger partial charge is 0.252 e. The van der Waals surface area contributed by atoms with Gasteiger partial charge in [-0.05, 0) is 38.8 Å². The minimum atomic E-state index is -3.37. The summed E-state index contributed by atoms with van der Waals surface area (Å²) in [5.74, 6) is 0.664. The fraction of sp³-hybridized carbons (Fsp3) is 0.500. The molecule has 0 spiro atoms. The molecule has 1 saturated heterocycles. The van der Waals surface area contributed by atoms with E-state index in [1.807, 2.05) is 13.8 Å². The van der Waals surface area contributed by atoms with E-state index in [1.165, 1.54) is 11.3 Å². The highest BCUT2D eigenvalue weighted by atomic mass is 32.2. The van der Waals surface area contributed by atoms with Gasteiger partial charge in [-0.3, -0.25) is 0 Å². The van der Waals surface area contributed by atoms with E-state index in [9.17, 15) is 8.42 Å². The minimum Gasteiger partial charge on any atom is -0.355 e. The molecule has 0 amide bonds. The molecule has 2 aromatic rings. The van der Waals surface area contributed by atoms with Crippen LogP contribution in [-0.4, -0.2) is 31.0 Å². The lowest BCUT2D eigenvalue weighted by molar-refractivity contribution is 0.347. The second kappa shape index (κ2) is 5.55. The van der Waals surface area contributed by atoms with E-state index in [0.29, 0.717) is 23.1 Å². The third-order valence-corrected chi connectivity index (χ3v) is 7.32. The third kappa shape index (κ3) is 2.65. The van der Waals surface area contributed by atoms with Crippen molar-refractivity contribution in [1.29, 1.82) is 0 Å². The molecule has 1 aliphatic heterocycles. The number of hydrogen-bond donors (Lipinski definition) is 0. The molecule has 1 aliphatic rings. The van der Waals surface area contributed by atoms with Crippen molar-refractivity contribution in [2.24, 2.45) is 0 Å². The van der Waals surface area contributed by atoms with Gasteiger partial charge in [0.25, 0.3) is 10.0 Å². The number of nitrogens with zero attached hydrogens (tertiary/aromatic N) is 2. The molecule has 0 radical (unpaired) electrons. The number of thiophene rings is 1. The predicted molar refractivity (Wildman–Crippen MR) is 81.9 cm³/mol. The van der Waals surface area contributed by atoms with Gasteiger partial charge in [-0.1, -0.05) is 11.6 Å². The fourth-order valence-electron chi connectivity index (χ4n) is 2.46. The highest BCUT2D eigenvalue weighted by Gasteiger charge is 2.28. The maximum Gasteiger partial charge on any atom is 0.252 e. The molecule has 0 saturated carbocycles. The fourth-order valence-corrected chi connectivity index (χ4v) is 5.47. The summed E-state index contributed by atoms with van der Waals surface area (Å²) in [5.41, 5.74) is 1.79. The van der Waals surface area contributed by atoms with E-state index in [4.69, 9.17) is 4.52 Å². The zero-order valence-electron chi connectivity index (χ0n) is 12.1. The first-order chi connectivity index (χ1) is 10.00. The van der Waals surface area contributed by atoms with Gasteiger partial charge in [0.2, 0.25) is 0 Å². The Hall–Kier alpha value is -1.18. The molecule has 7 heteroatoms. The van der Waals surface area contributed by atoms with Gasteiger partial charge in [0.1, 0.15) is 4.21 Å². The lowest BCUT2D eigenvalue weighted by Crippen LogP contribution is -2.35. The largest absolute Gasteiger partial charge is 0.355 e. The van der Waals surface area contributed by atoms with Crippen LogP contribution in [-0.2, 0) is 10.0 Å². The Labute approximate surface area is 128 Å². The summed E-state index contributed by atoms with van der Waals surface area (Å²) in [7, 11) is -3.37. The molecule has 2 aromatic heterocycles. The first kappa shape index (κ1) is 14.7. The molecule has 3 heterocycles. The number of hydrogen-bond acceptors (Lipinski definition) is 5. The number of rotatable bonds is 3. The monoisotopic (exact) mass is 326 g/mol. The molecule has 1 fully saturated rings. The summed E-state index contributed by atoms with van der Waals surface area (Å²) in [4.78, 5) is 0.809. The summed E-state index contributed by atoms with van der Waals surface area (Å²) < 4.78 is 32.5. The van der Waals surface area contributed by atoms with Crippen molar-refractivity contribution in [3.63, 3.8) is 0 Å². The Balaban J connectivity index is 1.92. The minimum absolute atomic E-state index is 0.382. The predicted octanol–water partition coefficient (Wildman–Crippen LogP) is 3.19. The van der Waals surface area contributed by atoms with Gasteiger partial charge in [-0.25, -0.2) is 8.42 Å². The summed E-state index contributed by atoms with van der Waals surface area (Å²) in [6.45, 7) is 5.05. The van der Waals surface area contributed by atoms with Crippen LogP contribution in [0.2, 0.25) is 0 Å². The first-order valence-electron chi connectivity index (χ1n) is 7.03. The Kier molecular flexibility index (Phi) is 3.90. The zero-order chi connectivity index (χ0) is 15.0. The summed E-state index contributed by atoms with van der Waals surface area (Å²) in [5, 5.41) is 3.93. The van der Waals surface area contributed by atoms with E-state index >= 15 is 0 Å². The summed E-state index contributed by atoms with van der Waals surface area (Å²) in [6, 6.07) is 3.47. The van der Waals surface area contributed by atoms with Crippen LogP contribution in [0.25, 0.3) is 10.6 Å². The first-order valence-corrected chi connectivity index (χ1v) is 9.29. The third-order valence-electron chi connectivity index (χ3n) is 3.87. The summed E-state index contributed by atoms with van der Waals surface area (Å²) >= 11 is 1.25. The van der Waals surface area contributed by atoms with Gasteiger partial charge in [0.05, 0.1) is 10.6 Å². The average molecular weight is 326 g/mol. The van der Waals surface area contributed by atoms with Crippen molar-refractivity contribution in [3.8, 4) is 10.6 Å². The van der Waals surface area contributed by atoms with Crippen LogP contribution < -0.4 is 0 Å². The number of aromatic nitrogens is 1. The van der Waals surface area contributed by atoms with E-state index in [1.54, 1.807) is 16.4 Å². The van der Waals surface area contributed by atoms with E-state index in [0.717, 1.165) is 35.4 Å². The molecule has 0 aromatic carbocycles. The lowest BCUT2D eigenvalue weighted by Gasteiger charge is -2.25. The number of sulfonamides is 1. The molecule has 0 atom stereocenters. The Morgan fingerprint density at radius 1 is 1.19 bits per heavy atom. The Morgan fingerprint density at radius 2 is 1.90 bits per heavy atom. The van der Waals surface area contributed by atoms with Crippen molar-refractivity contribution < 1.29 is 12.9 Å². The van der Waals surface area contributed by atoms with E-state index in [-0.39, 0.29) is 0 Å². The number of piperidine rings is 1. The standard InChI is InChI=1S/C14H18N2O3S2/c1-10-11(2)15-19-14(10)12-6-7-13(20-12)21(17,18)16-8-4-3-5-9-16/h6-7H,3-5,8-9H2,1-2H3. The second-order valence-corrected chi connectivity index (χ2v) is 8.55. The van der Waals surface area contributed by atoms with Gasteiger partial charge in [0, 0.05) is 18.7 Å². The van der Waals surface area contributed by atoms with Crippen molar-refractivity contribution in [2.75, 3.05) is 13.1 Å². The van der Waals surface area contributed by atoms with Crippen LogP contribution in [0.15, 0.2) is 20.9 Å². The Morgan fingerprint density at radius 3 is 2.52 bits per heavy atom. The molecule has 0 bridgehead atoms. The highest BCUT2D eigenvalue weighted by Crippen LogP contribution is 2.35. The van der Waals surface area contributed by atoms with Crippen molar-refractivity contribution >= 4 is 21.4 Å². The van der Waals surface area contributed by atoms with Crippen LogP contribution in [0, 0.1) is 13.8 Å². The summed E-state index contributed by atoms with van der Waals surface area (Å²) in [6.07, 6.45) is 2.99. The molecule has 0 aliphatic carbocycles. The van der Waals surface area contributed by atoms with Gasteiger partial charge >= 0.3 is 0 Å². The lowest BCUT2D eigenvalue weighted by atomic mass is 10.2. The topological polar surface area (TPSA) is 63.4 Å². The van der Waals surface area contributed by atoms with Gasteiger partial charge in [-0.2, -0.15) is 4.31 Å². The molecule has 114 valence electrons. The van der Waals surface area contributed by atoms with Crippen molar-refractivity contribution in [1.82, 2.24) is 9.46 Å². The van der Waals surface area contributed by atoms with E-state index < -0.39 is 10.0 Å². The van der Waals surface area contributed by atoms with Gasteiger partial charge < -0.3 is 4.52 Å². The average Bonchev–Trinajstić information content (AvgIpc) is 3.09. The highest BCUT2D eigenvalue weighted by molar-refractivity contribution is 7.91. The molecular formula is C14H18N2O3S2. The number of aryl methyl sites for hydroxylation is 1. The quantitative estimate of drug-likeness (QED) is 0.869. The van der Waals surface area contributed by atoms with Gasteiger partial charge in [0.15, 0.2) is 5.76 Å². The molecule has 5 nitrogen and oxygen atoms in total. The molecule has 21 heavy (non-hydrogen) atoms. The normalized spacial score (nSPS) is 17.2. The maximum absolute atomic E-state index is 12.6. The van der Waals surface area contributed by atoms with Crippen LogP contribution in [0.3, 0.4) is 0 Å². The van der Waals surface area contributed by atoms with Crippen molar-refractivity contribution in [3.05, 3.63) is 23.4 Å². The molecular weight excluding hydrogens is 308 g/mol. The van der Waals surface area contributed by atoms with Crippen LogP contribution in [0.5, 0.6) is 0 Å². The van der Waals surface area contributed by atoms with Crippen LogP contribution >= 0.6 is 11.3 Å². The molecule has 3 rings (SSSR count). The van der Waals surface area contributed by atoms with Crippen LogP contribution in [0.1, 0.15) is 30.5 Å². The maximum atomic E-state index is 12.6. The second-order valence-electron chi connectivity index (χ2n) is 5.31. The van der Waals surface area contributed by atoms with Gasteiger partial charge in [-0.15, -0.1) is 11.3 Å². The Bertz CT molecular complexity index is 740. The van der Waals surface area contributed by atoms with E-state index in [2.05, 4.69) is 5.16 Å². The molecule has 0 unspecified atom stereocenters. The zero-order valence-corrected chi connectivity index (χ0v) is 13.8. The van der Waals surface area contributed by atoms with Crippen LogP contribution in [0.4, 0.5) is 0 Å². The molecule has 0 N–H and O–H groups in total. The SMILES string of the molecule is Cc1noc(-c2ccc(S(=O)(=O)N3CCCCC3)s2)c1C. The van der Waals surface area contributed by atoms with Crippen molar-refractivity contribution in [2.45, 2.75) is 37.3 Å².